The van der Waals surface area contributed by atoms with E-state index in [0.29, 0.717) is 0 Å². The van der Waals surface area contributed by atoms with Gasteiger partial charge in [0.25, 0.3) is 0 Å². The first-order chi connectivity index (χ1) is 10.8. The average Bonchev–Trinajstić information content (AvgIpc) is 2.58. The summed E-state index contributed by atoms with van der Waals surface area (Å²) in [5.41, 5.74) is 0. The minimum Gasteiger partial charge on any atom is -0.496 e. The van der Waals surface area contributed by atoms with E-state index in [1.165, 1.54) is 15.9 Å². The highest BCUT2D eigenvalue weighted by atomic mass is 79.9. The molecule has 3 rings (SSSR count). The Morgan fingerprint density at radius 2 is 1.32 bits per heavy atom. The first kappa shape index (κ1) is 15.3. The number of benzene rings is 3. The molecular weight excluding hydrogens is 355 g/mol. The number of hydrogen-bond donors (Lipinski definition) is 0. The van der Waals surface area contributed by atoms with Crippen molar-refractivity contribution in [2.75, 3.05) is 7.11 Å². The third kappa shape index (κ3) is 3.09. The van der Waals surface area contributed by atoms with Crippen molar-refractivity contribution in [2.45, 2.75) is 0 Å². The molecule has 3 heteroatoms. The Bertz CT molecular complexity index is 758. The Hall–Kier alpha value is -1.63. The van der Waals surface area contributed by atoms with Crippen molar-refractivity contribution in [3.05, 3.63) is 83.3 Å². The van der Waals surface area contributed by atoms with Gasteiger partial charge in [-0.2, -0.15) is 0 Å². The molecule has 22 heavy (non-hydrogen) atoms. The largest absolute Gasteiger partial charge is 0.496 e. The molecule has 110 valence electrons. The van der Waals surface area contributed by atoms with Gasteiger partial charge < -0.3 is 4.74 Å². The summed E-state index contributed by atoms with van der Waals surface area (Å²) in [6, 6.07) is 27.3. The molecule has 0 amide bonds. The predicted octanol–water partition coefficient (Wildman–Crippen LogP) is 4.22. The molecule has 0 aliphatic heterocycles. The monoisotopic (exact) mass is 370 g/mol. The van der Waals surface area contributed by atoms with Gasteiger partial charge in [0.15, 0.2) is 0 Å². The average molecular weight is 371 g/mol. The second-order valence-electron chi connectivity index (χ2n) is 4.79. The minimum absolute atomic E-state index is 0.665. The Morgan fingerprint density at radius 3 is 2.00 bits per heavy atom. The summed E-state index contributed by atoms with van der Waals surface area (Å²) in [6.45, 7) is 0. The van der Waals surface area contributed by atoms with Crippen LogP contribution in [0.4, 0.5) is 0 Å². The van der Waals surface area contributed by atoms with Crippen LogP contribution in [0.3, 0.4) is 0 Å². The third-order valence-electron chi connectivity index (χ3n) is 3.43. The van der Waals surface area contributed by atoms with E-state index in [0.717, 1.165) is 10.2 Å². The van der Waals surface area contributed by atoms with Gasteiger partial charge in [-0.25, -0.2) is 0 Å². The summed E-state index contributed by atoms with van der Waals surface area (Å²) < 4.78 is 6.75. The SMILES string of the molecule is COc1ccccc1[P@](c1ccccc1)c1ccccc1Br. The predicted molar refractivity (Wildman–Crippen MR) is 99.4 cm³/mol. The zero-order valence-electron chi connectivity index (χ0n) is 12.2. The van der Waals surface area contributed by atoms with Crippen LogP contribution in [0.5, 0.6) is 5.75 Å². The van der Waals surface area contributed by atoms with E-state index >= 15 is 0 Å². The second kappa shape index (κ2) is 7.09. The Kier molecular flexibility index (Phi) is 4.92. The lowest BCUT2D eigenvalue weighted by Gasteiger charge is -2.22. The van der Waals surface area contributed by atoms with Crippen LogP contribution in [0.2, 0.25) is 0 Å². The van der Waals surface area contributed by atoms with Crippen molar-refractivity contribution in [2.24, 2.45) is 0 Å². The standard InChI is InChI=1S/C19H16BrOP/c1-21-17-12-6-8-14-19(17)22(15-9-3-2-4-10-15)18-13-7-5-11-16(18)20/h2-14H,1H3/t22-/m1/s1. The van der Waals surface area contributed by atoms with Gasteiger partial charge in [-0.3, -0.25) is 0 Å². The van der Waals surface area contributed by atoms with Crippen LogP contribution >= 0.6 is 23.9 Å². The Labute approximate surface area is 140 Å². The highest BCUT2D eigenvalue weighted by Crippen LogP contribution is 2.38. The highest BCUT2D eigenvalue weighted by molar-refractivity contribution is 9.10. The lowest BCUT2D eigenvalue weighted by Crippen LogP contribution is -2.22. The van der Waals surface area contributed by atoms with Crippen molar-refractivity contribution < 1.29 is 4.74 Å². The molecule has 0 N–H and O–H groups in total. The van der Waals surface area contributed by atoms with Crippen molar-refractivity contribution in [3.8, 4) is 5.75 Å². The fourth-order valence-electron chi connectivity index (χ4n) is 2.43. The lowest BCUT2D eigenvalue weighted by atomic mass is 10.3. The highest BCUT2D eigenvalue weighted by Gasteiger charge is 2.21. The van der Waals surface area contributed by atoms with Gasteiger partial charge in [0.05, 0.1) is 7.11 Å². The van der Waals surface area contributed by atoms with Crippen LogP contribution in [0.15, 0.2) is 83.3 Å². The second-order valence-corrected chi connectivity index (χ2v) is 7.80. The maximum Gasteiger partial charge on any atom is 0.127 e. The normalized spacial score (nSPS) is 11.9. The minimum atomic E-state index is -0.665. The van der Waals surface area contributed by atoms with Crippen LogP contribution in [0, 0.1) is 0 Å². The van der Waals surface area contributed by atoms with Crippen molar-refractivity contribution >= 4 is 39.8 Å². The number of rotatable bonds is 4. The van der Waals surface area contributed by atoms with E-state index in [4.69, 9.17) is 4.74 Å². The molecule has 1 nitrogen and oxygen atoms in total. The van der Waals surface area contributed by atoms with Crippen molar-refractivity contribution in [3.63, 3.8) is 0 Å². The van der Waals surface area contributed by atoms with Gasteiger partial charge in [-0.05, 0) is 30.7 Å². The molecule has 0 fully saturated rings. The van der Waals surface area contributed by atoms with Gasteiger partial charge in [-0.15, -0.1) is 0 Å². The number of halogens is 1. The van der Waals surface area contributed by atoms with Crippen LogP contribution in [-0.2, 0) is 0 Å². The zero-order chi connectivity index (χ0) is 15.4. The molecule has 0 spiro atoms. The third-order valence-corrected chi connectivity index (χ3v) is 6.97. The maximum absolute atomic E-state index is 5.61. The van der Waals surface area contributed by atoms with Crippen molar-refractivity contribution in [1.29, 1.82) is 0 Å². The molecule has 0 bridgehead atoms. The lowest BCUT2D eigenvalue weighted by molar-refractivity contribution is 0.418. The van der Waals surface area contributed by atoms with Gasteiger partial charge in [-0.1, -0.05) is 82.7 Å². The van der Waals surface area contributed by atoms with Gasteiger partial charge in [0.2, 0.25) is 0 Å². The van der Waals surface area contributed by atoms with E-state index in [-0.39, 0.29) is 0 Å². The van der Waals surface area contributed by atoms with Crippen LogP contribution in [0.1, 0.15) is 0 Å². The maximum atomic E-state index is 5.61. The Balaban J connectivity index is 2.22. The van der Waals surface area contributed by atoms with E-state index in [1.807, 2.05) is 18.2 Å². The van der Waals surface area contributed by atoms with Crippen LogP contribution < -0.4 is 20.7 Å². The molecule has 0 saturated heterocycles. The van der Waals surface area contributed by atoms with Crippen molar-refractivity contribution in [1.82, 2.24) is 0 Å². The molecule has 0 aliphatic carbocycles. The van der Waals surface area contributed by atoms with Crippen LogP contribution in [-0.4, -0.2) is 7.11 Å². The quantitative estimate of drug-likeness (QED) is 0.625. The summed E-state index contributed by atoms with van der Waals surface area (Å²) in [6.07, 6.45) is 0. The van der Waals surface area contributed by atoms with Gasteiger partial charge >= 0.3 is 0 Å². The fraction of sp³-hybridized carbons (Fsp3) is 0.0526. The molecule has 0 unspecified atom stereocenters. The van der Waals surface area contributed by atoms with E-state index < -0.39 is 7.92 Å². The molecule has 0 radical (unpaired) electrons. The topological polar surface area (TPSA) is 9.23 Å². The molecule has 3 aromatic carbocycles. The number of methoxy groups -OCH3 is 1. The Morgan fingerprint density at radius 1 is 0.727 bits per heavy atom. The molecule has 3 aromatic rings. The summed E-state index contributed by atoms with van der Waals surface area (Å²) in [5, 5.41) is 3.85. The first-order valence-corrected chi connectivity index (χ1v) is 9.17. The van der Waals surface area contributed by atoms with E-state index in [9.17, 15) is 0 Å². The number of ether oxygens (including phenoxy) is 1. The molecule has 0 aliphatic rings. The molecule has 0 heterocycles. The van der Waals surface area contributed by atoms with Crippen LogP contribution in [0.25, 0.3) is 0 Å². The molecule has 0 aromatic heterocycles. The molecule has 1 atom stereocenters. The summed E-state index contributed by atoms with van der Waals surface area (Å²) in [4.78, 5) is 0. The number of para-hydroxylation sites is 1. The summed E-state index contributed by atoms with van der Waals surface area (Å²) in [7, 11) is 1.07. The summed E-state index contributed by atoms with van der Waals surface area (Å²) >= 11 is 3.71. The first-order valence-electron chi connectivity index (χ1n) is 7.04. The molecular formula is C19H16BrOP. The number of hydrogen-bond acceptors (Lipinski definition) is 1. The summed E-state index contributed by atoms with van der Waals surface area (Å²) in [5.74, 6) is 0.938. The molecule has 0 saturated carbocycles. The van der Waals surface area contributed by atoms with E-state index in [2.05, 4.69) is 76.6 Å². The van der Waals surface area contributed by atoms with Gasteiger partial charge in [0, 0.05) is 9.78 Å². The smallest absolute Gasteiger partial charge is 0.127 e. The zero-order valence-corrected chi connectivity index (χ0v) is 14.7. The fourth-order valence-corrected chi connectivity index (χ4v) is 5.68. The van der Waals surface area contributed by atoms with Gasteiger partial charge in [0.1, 0.15) is 5.75 Å². The van der Waals surface area contributed by atoms with E-state index in [1.54, 1.807) is 7.11 Å².